The number of hydrogen-bond donors (Lipinski definition) is 1. The van der Waals surface area contributed by atoms with Crippen LogP contribution in [-0.2, 0) is 11.2 Å². The smallest absolute Gasteiger partial charge is 0.162 e. The van der Waals surface area contributed by atoms with Crippen molar-refractivity contribution in [1.82, 2.24) is 14.5 Å². The van der Waals surface area contributed by atoms with Gasteiger partial charge in [0.2, 0.25) is 0 Å². The molecule has 0 aliphatic carbocycles. The van der Waals surface area contributed by atoms with E-state index >= 15 is 0 Å². The van der Waals surface area contributed by atoms with Gasteiger partial charge in [0.25, 0.3) is 0 Å². The summed E-state index contributed by atoms with van der Waals surface area (Å²) >= 11 is 0. The third-order valence-corrected chi connectivity index (χ3v) is 4.26. The first-order valence-electron chi connectivity index (χ1n) is 8.02. The van der Waals surface area contributed by atoms with E-state index in [2.05, 4.69) is 9.55 Å². The Morgan fingerprint density at radius 1 is 1.17 bits per heavy atom. The first kappa shape index (κ1) is 14.2. The first-order valence-corrected chi connectivity index (χ1v) is 8.02. The van der Waals surface area contributed by atoms with Crippen LogP contribution in [0.4, 0.5) is 0 Å². The van der Waals surface area contributed by atoms with Gasteiger partial charge in [-0.3, -0.25) is 4.57 Å². The van der Waals surface area contributed by atoms with Gasteiger partial charge in [0.15, 0.2) is 5.65 Å². The second kappa shape index (κ2) is 6.01. The highest BCUT2D eigenvalue weighted by Crippen LogP contribution is 2.28. The molecule has 23 heavy (non-hydrogen) atoms. The number of aromatic nitrogens is 3. The summed E-state index contributed by atoms with van der Waals surface area (Å²) < 4.78 is 8.11. The van der Waals surface area contributed by atoms with Crippen molar-refractivity contribution in [2.24, 2.45) is 0 Å². The summed E-state index contributed by atoms with van der Waals surface area (Å²) in [6.07, 6.45) is 5.77. The third kappa shape index (κ3) is 2.80. The monoisotopic (exact) mass is 309 g/mol. The molecule has 2 aromatic heterocycles. The van der Waals surface area contributed by atoms with Crippen molar-refractivity contribution in [3.8, 4) is 5.75 Å². The second-order valence-corrected chi connectivity index (χ2v) is 5.91. The molecular formula is C18H19N3O2. The van der Waals surface area contributed by atoms with E-state index in [0.717, 1.165) is 48.4 Å². The molecule has 1 saturated heterocycles. The maximum Gasteiger partial charge on any atom is 0.162 e. The van der Waals surface area contributed by atoms with Crippen LogP contribution in [-0.4, -0.2) is 26.2 Å². The lowest BCUT2D eigenvalue weighted by Gasteiger charge is -2.25. The summed E-state index contributed by atoms with van der Waals surface area (Å²) in [5, 5.41) is 9.44. The Kier molecular flexibility index (Phi) is 3.71. The molecule has 5 heteroatoms. The molecule has 1 aromatic carbocycles. The molecule has 0 radical (unpaired) electrons. The van der Waals surface area contributed by atoms with Crippen molar-refractivity contribution >= 4 is 11.2 Å². The fourth-order valence-corrected chi connectivity index (χ4v) is 3.13. The molecule has 4 rings (SSSR count). The Balaban J connectivity index is 1.76. The zero-order valence-corrected chi connectivity index (χ0v) is 12.9. The highest BCUT2D eigenvalue weighted by molar-refractivity contribution is 5.71. The summed E-state index contributed by atoms with van der Waals surface area (Å²) in [5.74, 6) is 1.23. The van der Waals surface area contributed by atoms with Crippen LogP contribution in [0.25, 0.3) is 11.2 Å². The largest absolute Gasteiger partial charge is 0.508 e. The number of pyridine rings is 1. The maximum absolute atomic E-state index is 9.44. The maximum atomic E-state index is 9.44. The van der Waals surface area contributed by atoms with Gasteiger partial charge in [0, 0.05) is 19.2 Å². The number of nitrogens with zero attached hydrogens (tertiary/aromatic N) is 3. The minimum Gasteiger partial charge on any atom is -0.508 e. The molecule has 0 saturated carbocycles. The number of phenolic OH excluding ortho intramolecular Hbond substituents is 1. The number of imidazole rings is 1. The predicted molar refractivity (Wildman–Crippen MR) is 87.3 cm³/mol. The van der Waals surface area contributed by atoms with Crippen molar-refractivity contribution in [2.45, 2.75) is 31.9 Å². The highest BCUT2D eigenvalue weighted by Gasteiger charge is 2.22. The molecule has 3 aromatic rings. The van der Waals surface area contributed by atoms with E-state index in [1.165, 1.54) is 0 Å². The average molecular weight is 309 g/mol. The van der Waals surface area contributed by atoms with Crippen molar-refractivity contribution in [3.63, 3.8) is 0 Å². The van der Waals surface area contributed by atoms with Crippen molar-refractivity contribution < 1.29 is 9.84 Å². The van der Waals surface area contributed by atoms with E-state index in [-0.39, 0.29) is 12.0 Å². The topological polar surface area (TPSA) is 60.2 Å². The molecule has 1 aliphatic rings. The lowest BCUT2D eigenvalue weighted by molar-refractivity contribution is -0.0311. The van der Waals surface area contributed by atoms with Crippen molar-refractivity contribution in [3.05, 3.63) is 54.0 Å². The Morgan fingerprint density at radius 2 is 2.04 bits per heavy atom. The summed E-state index contributed by atoms with van der Waals surface area (Å²) in [6, 6.07) is 11.2. The summed E-state index contributed by atoms with van der Waals surface area (Å²) in [4.78, 5) is 9.28. The lowest BCUT2D eigenvalue weighted by atomic mass is 10.1. The lowest BCUT2D eigenvalue weighted by Crippen LogP contribution is -2.20. The molecular weight excluding hydrogens is 290 g/mol. The van der Waals surface area contributed by atoms with Crippen LogP contribution in [0.15, 0.2) is 42.6 Å². The number of rotatable bonds is 3. The van der Waals surface area contributed by atoms with Crippen molar-refractivity contribution in [1.29, 1.82) is 0 Å². The zero-order chi connectivity index (χ0) is 15.6. The minimum atomic E-state index is 0.00997. The molecule has 1 N–H and O–H groups in total. The standard InChI is InChI=1S/C18H19N3O2/c22-14-8-6-13(7-9-14)12-16-20-15-4-3-10-19-18(15)21(16)17-5-1-2-11-23-17/h3-4,6-10,17,22H,1-2,5,11-12H2. The number of phenols is 1. The van der Waals surface area contributed by atoms with Crippen LogP contribution >= 0.6 is 0 Å². The Bertz CT molecular complexity index is 805. The van der Waals surface area contributed by atoms with Crippen LogP contribution in [0.1, 0.15) is 36.9 Å². The average Bonchev–Trinajstić information content (AvgIpc) is 2.95. The summed E-state index contributed by atoms with van der Waals surface area (Å²) in [7, 11) is 0. The van der Waals surface area contributed by atoms with Crippen LogP contribution in [0.5, 0.6) is 5.75 Å². The number of fused-ring (bicyclic) bond motifs is 1. The normalized spacial score (nSPS) is 18.3. The van der Waals surface area contributed by atoms with Gasteiger partial charge in [-0.1, -0.05) is 12.1 Å². The van der Waals surface area contributed by atoms with E-state index < -0.39 is 0 Å². The minimum absolute atomic E-state index is 0.00997. The van der Waals surface area contributed by atoms with Gasteiger partial charge >= 0.3 is 0 Å². The highest BCUT2D eigenvalue weighted by atomic mass is 16.5. The zero-order valence-electron chi connectivity index (χ0n) is 12.9. The van der Waals surface area contributed by atoms with E-state index in [1.54, 1.807) is 18.3 Å². The predicted octanol–water partition coefficient (Wildman–Crippen LogP) is 3.43. The van der Waals surface area contributed by atoms with E-state index in [1.807, 2.05) is 24.3 Å². The number of ether oxygens (including phenoxy) is 1. The van der Waals surface area contributed by atoms with Gasteiger partial charge < -0.3 is 9.84 Å². The Morgan fingerprint density at radius 3 is 2.83 bits per heavy atom. The molecule has 3 heterocycles. The summed E-state index contributed by atoms with van der Waals surface area (Å²) in [5.41, 5.74) is 2.89. The van der Waals surface area contributed by atoms with Gasteiger partial charge in [-0.25, -0.2) is 9.97 Å². The van der Waals surface area contributed by atoms with Crippen LogP contribution in [0.2, 0.25) is 0 Å². The number of aromatic hydroxyl groups is 1. The fraction of sp³-hybridized carbons (Fsp3) is 0.333. The quantitative estimate of drug-likeness (QED) is 0.805. The van der Waals surface area contributed by atoms with Gasteiger partial charge in [-0.15, -0.1) is 0 Å². The van der Waals surface area contributed by atoms with Crippen LogP contribution < -0.4 is 0 Å². The third-order valence-electron chi connectivity index (χ3n) is 4.26. The second-order valence-electron chi connectivity index (χ2n) is 5.91. The van der Waals surface area contributed by atoms with Gasteiger partial charge in [0.1, 0.15) is 23.3 Å². The molecule has 0 amide bonds. The molecule has 118 valence electrons. The summed E-state index contributed by atoms with van der Waals surface area (Å²) in [6.45, 7) is 0.788. The fourth-order valence-electron chi connectivity index (χ4n) is 3.13. The van der Waals surface area contributed by atoms with Crippen LogP contribution in [0, 0.1) is 0 Å². The van der Waals surface area contributed by atoms with E-state index in [9.17, 15) is 5.11 Å². The Hall–Kier alpha value is -2.40. The molecule has 1 unspecified atom stereocenters. The Labute approximate surface area is 134 Å². The molecule has 0 bridgehead atoms. The van der Waals surface area contributed by atoms with Gasteiger partial charge in [-0.2, -0.15) is 0 Å². The van der Waals surface area contributed by atoms with Crippen LogP contribution in [0.3, 0.4) is 0 Å². The van der Waals surface area contributed by atoms with E-state index in [4.69, 9.17) is 9.72 Å². The molecule has 1 atom stereocenters. The van der Waals surface area contributed by atoms with Gasteiger partial charge in [0.05, 0.1) is 0 Å². The van der Waals surface area contributed by atoms with Gasteiger partial charge in [-0.05, 0) is 49.1 Å². The molecule has 5 nitrogen and oxygen atoms in total. The first-order chi connectivity index (χ1) is 11.3. The number of benzene rings is 1. The van der Waals surface area contributed by atoms with E-state index in [0.29, 0.717) is 6.42 Å². The van der Waals surface area contributed by atoms with Crippen molar-refractivity contribution in [2.75, 3.05) is 6.61 Å². The SMILES string of the molecule is Oc1ccc(Cc2nc3cccnc3n2C2CCCCO2)cc1. The number of hydrogen-bond acceptors (Lipinski definition) is 4. The molecule has 0 spiro atoms. The molecule has 1 fully saturated rings. The molecule has 1 aliphatic heterocycles.